The van der Waals surface area contributed by atoms with Crippen LogP contribution in [-0.4, -0.2) is 4.92 Å². The molecule has 0 radical (unpaired) electrons. The van der Waals surface area contributed by atoms with E-state index in [1.165, 1.54) is 12.1 Å². The van der Waals surface area contributed by atoms with Crippen LogP contribution in [0, 0.1) is 10.1 Å². The number of nitrogens with zero attached hydrogens (tertiary/aromatic N) is 2. The minimum absolute atomic E-state index is 0.00447. The predicted octanol–water partition coefficient (Wildman–Crippen LogP) is 7.62. The SMILES string of the molecule is O=[N+]([O-])c1ccc(ON=c2c3ccccc3c3ccc(-c4ccccc4)cc3c3ccccc23)cc1. The Bertz CT molecular complexity index is 1830. The number of hydrogen-bond acceptors (Lipinski definition) is 4. The third kappa shape index (κ3) is 3.83. The van der Waals surface area contributed by atoms with Gasteiger partial charge in [-0.2, -0.15) is 0 Å². The molecule has 6 rings (SSSR count). The normalized spacial score (nSPS) is 11.7. The molecule has 5 heteroatoms. The molecule has 36 heavy (non-hydrogen) atoms. The second-order valence-electron chi connectivity index (χ2n) is 8.50. The first-order valence-corrected chi connectivity index (χ1v) is 11.6. The molecule has 0 spiro atoms. The highest BCUT2D eigenvalue weighted by Crippen LogP contribution is 2.32. The monoisotopic (exact) mass is 468 g/mol. The lowest BCUT2D eigenvalue weighted by atomic mass is 9.99. The quantitative estimate of drug-likeness (QED) is 0.197. The van der Waals surface area contributed by atoms with Crippen LogP contribution in [0.3, 0.4) is 0 Å². The first-order valence-electron chi connectivity index (χ1n) is 11.6. The van der Waals surface area contributed by atoms with Crippen LogP contribution in [0.15, 0.2) is 126 Å². The van der Waals surface area contributed by atoms with Crippen LogP contribution in [0.4, 0.5) is 5.69 Å². The Labute approximate surface area is 206 Å². The maximum absolute atomic E-state index is 11.0. The molecule has 0 aliphatic heterocycles. The fourth-order valence-corrected chi connectivity index (χ4v) is 4.63. The Morgan fingerprint density at radius 2 is 1.11 bits per heavy atom. The summed E-state index contributed by atoms with van der Waals surface area (Å²) in [6.45, 7) is 0. The van der Waals surface area contributed by atoms with Gasteiger partial charge in [0.1, 0.15) is 5.36 Å². The molecule has 0 N–H and O–H groups in total. The van der Waals surface area contributed by atoms with Crippen LogP contribution in [-0.2, 0) is 0 Å². The van der Waals surface area contributed by atoms with E-state index in [4.69, 9.17) is 4.84 Å². The fraction of sp³-hybridized carbons (Fsp3) is 0. The topological polar surface area (TPSA) is 64.7 Å². The number of non-ortho nitro benzene ring substituents is 1. The maximum Gasteiger partial charge on any atom is 0.269 e. The molecule has 0 heterocycles. The van der Waals surface area contributed by atoms with Crippen molar-refractivity contribution in [2.75, 3.05) is 0 Å². The standard InChI is InChI=1S/C31H20N2O3/c34-33(35)23-15-17-24(18-16-23)36-32-31-28-12-6-4-10-25(28)27-19-14-22(21-8-2-1-3-9-21)20-30(27)26-11-5-7-13-29(26)31/h1-20H. The van der Waals surface area contributed by atoms with Crippen LogP contribution in [0.5, 0.6) is 5.75 Å². The summed E-state index contributed by atoms with van der Waals surface area (Å²) < 4.78 is 0. The van der Waals surface area contributed by atoms with E-state index in [1.807, 2.05) is 48.5 Å². The van der Waals surface area contributed by atoms with Crippen LogP contribution in [0.2, 0.25) is 0 Å². The molecule has 0 unspecified atom stereocenters. The molecule has 0 amide bonds. The molecule has 0 aliphatic rings. The van der Waals surface area contributed by atoms with Gasteiger partial charge in [0, 0.05) is 22.9 Å². The molecule has 0 atom stereocenters. The van der Waals surface area contributed by atoms with Crippen molar-refractivity contribution in [3.05, 3.63) is 137 Å². The van der Waals surface area contributed by atoms with Crippen molar-refractivity contribution in [2.45, 2.75) is 0 Å². The van der Waals surface area contributed by atoms with Gasteiger partial charge in [0.25, 0.3) is 5.69 Å². The van der Waals surface area contributed by atoms with Crippen molar-refractivity contribution in [3.63, 3.8) is 0 Å². The summed E-state index contributed by atoms with van der Waals surface area (Å²) in [6.07, 6.45) is 0. The zero-order valence-electron chi connectivity index (χ0n) is 19.2. The third-order valence-corrected chi connectivity index (χ3v) is 6.36. The summed E-state index contributed by atoms with van der Waals surface area (Å²) in [6, 6.07) is 39.2. The number of hydrogen-bond donors (Lipinski definition) is 0. The van der Waals surface area contributed by atoms with Gasteiger partial charge in [-0.15, -0.1) is 0 Å². The number of rotatable bonds is 4. The Balaban J connectivity index is 1.66. The molecule has 0 saturated heterocycles. The Morgan fingerprint density at radius 3 is 1.75 bits per heavy atom. The van der Waals surface area contributed by atoms with Crippen molar-refractivity contribution < 1.29 is 9.76 Å². The first-order chi connectivity index (χ1) is 17.7. The summed E-state index contributed by atoms with van der Waals surface area (Å²) in [4.78, 5) is 16.4. The minimum Gasteiger partial charge on any atom is -0.356 e. The fourth-order valence-electron chi connectivity index (χ4n) is 4.63. The van der Waals surface area contributed by atoms with Gasteiger partial charge in [-0.05, 0) is 50.9 Å². The summed E-state index contributed by atoms with van der Waals surface area (Å²) in [5, 5.41) is 22.6. The van der Waals surface area contributed by atoms with Gasteiger partial charge in [-0.1, -0.05) is 96.2 Å². The molecule has 0 aromatic heterocycles. The molecule has 6 aromatic carbocycles. The summed E-state index contributed by atoms with van der Waals surface area (Å²) in [5.41, 5.74) is 2.31. The second-order valence-corrected chi connectivity index (χ2v) is 8.50. The molecular formula is C31H20N2O3. The molecule has 6 aromatic rings. The van der Waals surface area contributed by atoms with E-state index in [0.717, 1.165) is 43.4 Å². The van der Waals surface area contributed by atoms with Gasteiger partial charge in [0.15, 0.2) is 5.75 Å². The first kappa shape index (κ1) is 21.5. The maximum atomic E-state index is 11.0. The van der Waals surface area contributed by atoms with E-state index in [2.05, 4.69) is 53.7 Å². The Morgan fingerprint density at radius 1 is 0.556 bits per heavy atom. The summed E-state index contributed by atoms with van der Waals surface area (Å²) in [7, 11) is 0. The molecular weight excluding hydrogens is 448 g/mol. The summed E-state index contributed by atoms with van der Waals surface area (Å²) in [5.74, 6) is 0.427. The average molecular weight is 469 g/mol. The molecule has 172 valence electrons. The van der Waals surface area contributed by atoms with Crippen LogP contribution >= 0.6 is 0 Å². The van der Waals surface area contributed by atoms with Crippen molar-refractivity contribution in [1.29, 1.82) is 0 Å². The second kappa shape index (κ2) is 8.96. The van der Waals surface area contributed by atoms with Gasteiger partial charge >= 0.3 is 0 Å². The molecule has 0 saturated carbocycles. The predicted molar refractivity (Wildman–Crippen MR) is 144 cm³/mol. The minimum atomic E-state index is -0.436. The van der Waals surface area contributed by atoms with Crippen LogP contribution in [0.1, 0.15) is 0 Å². The number of nitro groups is 1. The third-order valence-electron chi connectivity index (χ3n) is 6.36. The molecule has 0 fully saturated rings. The van der Waals surface area contributed by atoms with Crippen molar-refractivity contribution in [2.24, 2.45) is 5.16 Å². The highest BCUT2D eigenvalue weighted by Gasteiger charge is 2.10. The van der Waals surface area contributed by atoms with Crippen molar-refractivity contribution in [1.82, 2.24) is 0 Å². The van der Waals surface area contributed by atoms with Gasteiger partial charge in [0.2, 0.25) is 0 Å². The van der Waals surface area contributed by atoms with Crippen LogP contribution < -0.4 is 10.2 Å². The Hall–Kier alpha value is -5.03. The molecule has 0 aliphatic carbocycles. The number of fused-ring (bicyclic) bond motifs is 5. The highest BCUT2D eigenvalue weighted by molar-refractivity contribution is 6.17. The average Bonchev–Trinajstić information content (AvgIpc) is 3.05. The van der Waals surface area contributed by atoms with Gasteiger partial charge in [-0.25, -0.2) is 0 Å². The molecule has 5 nitrogen and oxygen atoms in total. The zero-order valence-corrected chi connectivity index (χ0v) is 19.2. The lowest BCUT2D eigenvalue weighted by Gasteiger charge is -2.05. The van der Waals surface area contributed by atoms with E-state index in [9.17, 15) is 10.1 Å². The van der Waals surface area contributed by atoms with Crippen molar-refractivity contribution >= 4 is 38.0 Å². The smallest absolute Gasteiger partial charge is 0.269 e. The highest BCUT2D eigenvalue weighted by atomic mass is 16.6. The summed E-state index contributed by atoms with van der Waals surface area (Å²) >= 11 is 0. The largest absolute Gasteiger partial charge is 0.356 e. The van der Waals surface area contributed by atoms with Gasteiger partial charge < -0.3 is 4.84 Å². The van der Waals surface area contributed by atoms with Gasteiger partial charge in [-0.3, -0.25) is 10.1 Å². The number of nitro benzene ring substituents is 1. The Kier molecular flexibility index (Phi) is 5.35. The van der Waals surface area contributed by atoms with E-state index >= 15 is 0 Å². The molecule has 0 bridgehead atoms. The lowest BCUT2D eigenvalue weighted by molar-refractivity contribution is -0.384. The van der Waals surface area contributed by atoms with E-state index in [1.54, 1.807) is 12.1 Å². The van der Waals surface area contributed by atoms with Crippen molar-refractivity contribution in [3.8, 4) is 16.9 Å². The van der Waals surface area contributed by atoms with E-state index in [-0.39, 0.29) is 5.69 Å². The van der Waals surface area contributed by atoms with E-state index in [0.29, 0.717) is 11.1 Å². The van der Waals surface area contributed by atoms with Gasteiger partial charge in [0.05, 0.1) is 4.92 Å². The zero-order chi connectivity index (χ0) is 24.5. The van der Waals surface area contributed by atoms with E-state index < -0.39 is 4.92 Å². The lowest BCUT2D eigenvalue weighted by Crippen LogP contribution is -2.05. The van der Waals surface area contributed by atoms with Crippen LogP contribution in [0.25, 0.3) is 43.4 Å². The number of benzene rings is 5.